The Labute approximate surface area is 116 Å². The van der Waals surface area contributed by atoms with Crippen LogP contribution in [0.1, 0.15) is 46.1 Å². The topological polar surface area (TPSA) is 21.3 Å². The average molecular weight is 267 g/mol. The Morgan fingerprint density at radius 1 is 1.21 bits per heavy atom. The van der Waals surface area contributed by atoms with Crippen molar-refractivity contribution in [2.45, 2.75) is 53.1 Å². The summed E-state index contributed by atoms with van der Waals surface area (Å²) >= 11 is 0. The van der Waals surface area contributed by atoms with Gasteiger partial charge in [-0.3, -0.25) is 0 Å². The molecule has 0 amide bonds. The summed E-state index contributed by atoms with van der Waals surface area (Å²) in [7, 11) is 0. The molecule has 0 aliphatic rings. The molecular weight excluding hydrogens is 241 g/mol. The zero-order chi connectivity index (χ0) is 14.3. The summed E-state index contributed by atoms with van der Waals surface area (Å²) in [5, 5.41) is 3.30. The molecule has 2 nitrogen and oxygen atoms in total. The van der Waals surface area contributed by atoms with E-state index in [2.05, 4.69) is 33.0 Å². The van der Waals surface area contributed by atoms with Crippen LogP contribution in [0.25, 0.3) is 0 Å². The van der Waals surface area contributed by atoms with Crippen molar-refractivity contribution in [2.75, 3.05) is 6.61 Å². The van der Waals surface area contributed by atoms with Gasteiger partial charge in [-0.15, -0.1) is 0 Å². The van der Waals surface area contributed by atoms with E-state index < -0.39 is 0 Å². The molecule has 0 fully saturated rings. The van der Waals surface area contributed by atoms with Crippen molar-refractivity contribution in [1.82, 2.24) is 5.32 Å². The predicted octanol–water partition coefficient (Wildman–Crippen LogP) is 4.14. The number of rotatable bonds is 8. The zero-order valence-electron chi connectivity index (χ0n) is 12.5. The van der Waals surface area contributed by atoms with Crippen LogP contribution in [0, 0.1) is 11.7 Å². The molecule has 19 heavy (non-hydrogen) atoms. The van der Waals surface area contributed by atoms with Crippen LogP contribution in [0.4, 0.5) is 4.39 Å². The number of ether oxygens (including phenoxy) is 1. The number of hydrogen-bond acceptors (Lipinski definition) is 2. The maximum Gasteiger partial charge on any atom is 0.123 e. The Morgan fingerprint density at radius 3 is 2.47 bits per heavy atom. The highest BCUT2D eigenvalue weighted by Gasteiger charge is 2.09. The monoisotopic (exact) mass is 267 g/mol. The standard InChI is InChI=1S/C16H26FNO/c1-5-13(6-2)11-19-16-8-7-15(17)9-14(16)10-18-12(3)4/h7-9,12-13,18H,5-6,10-11H2,1-4H3. The van der Waals surface area contributed by atoms with Crippen molar-refractivity contribution in [3.63, 3.8) is 0 Å². The van der Waals surface area contributed by atoms with Crippen LogP contribution in [0.15, 0.2) is 18.2 Å². The van der Waals surface area contributed by atoms with Gasteiger partial charge in [0.2, 0.25) is 0 Å². The Balaban J connectivity index is 2.70. The maximum absolute atomic E-state index is 13.3. The molecular formula is C16H26FNO. The first kappa shape index (κ1) is 16.0. The molecule has 1 aromatic carbocycles. The van der Waals surface area contributed by atoms with Crippen LogP contribution >= 0.6 is 0 Å². The molecule has 3 heteroatoms. The molecule has 0 aromatic heterocycles. The molecule has 108 valence electrons. The second-order valence-electron chi connectivity index (χ2n) is 5.28. The second-order valence-corrected chi connectivity index (χ2v) is 5.28. The van der Waals surface area contributed by atoms with Crippen LogP contribution in [-0.4, -0.2) is 12.6 Å². The van der Waals surface area contributed by atoms with E-state index in [0.717, 1.165) is 24.2 Å². The van der Waals surface area contributed by atoms with E-state index >= 15 is 0 Å². The van der Waals surface area contributed by atoms with Crippen LogP contribution < -0.4 is 10.1 Å². The van der Waals surface area contributed by atoms with Gasteiger partial charge in [-0.2, -0.15) is 0 Å². The number of halogens is 1. The molecule has 1 N–H and O–H groups in total. The van der Waals surface area contributed by atoms with E-state index in [1.165, 1.54) is 6.07 Å². The van der Waals surface area contributed by atoms with Crippen molar-refractivity contribution >= 4 is 0 Å². The molecule has 0 aliphatic heterocycles. The minimum atomic E-state index is -0.213. The molecule has 1 aromatic rings. The van der Waals surface area contributed by atoms with Gasteiger partial charge >= 0.3 is 0 Å². The lowest BCUT2D eigenvalue weighted by molar-refractivity contribution is 0.238. The minimum Gasteiger partial charge on any atom is -0.493 e. The quantitative estimate of drug-likeness (QED) is 0.764. The van der Waals surface area contributed by atoms with Crippen molar-refractivity contribution in [1.29, 1.82) is 0 Å². The second kappa shape index (κ2) is 8.16. The van der Waals surface area contributed by atoms with Gasteiger partial charge in [-0.05, 0) is 24.1 Å². The van der Waals surface area contributed by atoms with Crippen molar-refractivity contribution < 1.29 is 9.13 Å². The first-order chi connectivity index (χ1) is 9.06. The van der Waals surface area contributed by atoms with Crippen molar-refractivity contribution in [3.8, 4) is 5.75 Å². The van der Waals surface area contributed by atoms with E-state index in [0.29, 0.717) is 25.1 Å². The Morgan fingerprint density at radius 2 is 1.89 bits per heavy atom. The van der Waals surface area contributed by atoms with Crippen molar-refractivity contribution in [3.05, 3.63) is 29.6 Å². The lowest BCUT2D eigenvalue weighted by atomic mass is 10.1. The van der Waals surface area contributed by atoms with Gasteiger partial charge in [0.15, 0.2) is 0 Å². The summed E-state index contributed by atoms with van der Waals surface area (Å²) in [6, 6.07) is 5.11. The molecule has 0 aliphatic carbocycles. The third kappa shape index (κ3) is 5.60. The molecule has 0 saturated heterocycles. The van der Waals surface area contributed by atoms with E-state index in [-0.39, 0.29) is 5.82 Å². The smallest absolute Gasteiger partial charge is 0.123 e. The third-order valence-electron chi connectivity index (χ3n) is 3.35. The molecule has 0 unspecified atom stereocenters. The lowest BCUT2D eigenvalue weighted by Gasteiger charge is -2.17. The molecule has 0 saturated carbocycles. The molecule has 0 bridgehead atoms. The minimum absolute atomic E-state index is 0.213. The molecule has 0 heterocycles. The van der Waals surface area contributed by atoms with E-state index in [1.807, 2.05) is 0 Å². The zero-order valence-corrected chi connectivity index (χ0v) is 12.5. The summed E-state index contributed by atoms with van der Waals surface area (Å²) in [5.41, 5.74) is 0.889. The van der Waals surface area contributed by atoms with Gasteiger partial charge in [0.05, 0.1) is 6.61 Å². The largest absolute Gasteiger partial charge is 0.493 e. The summed E-state index contributed by atoms with van der Waals surface area (Å²) in [6.45, 7) is 9.82. The Bertz CT molecular complexity index is 375. The highest BCUT2D eigenvalue weighted by molar-refractivity contribution is 5.34. The first-order valence-corrected chi connectivity index (χ1v) is 7.21. The summed E-state index contributed by atoms with van der Waals surface area (Å²) in [6.07, 6.45) is 2.22. The highest BCUT2D eigenvalue weighted by Crippen LogP contribution is 2.21. The van der Waals surface area contributed by atoms with Gasteiger partial charge in [0, 0.05) is 18.2 Å². The summed E-state index contributed by atoms with van der Waals surface area (Å²) in [4.78, 5) is 0. The van der Waals surface area contributed by atoms with Gasteiger partial charge < -0.3 is 10.1 Å². The Hall–Kier alpha value is -1.09. The van der Waals surface area contributed by atoms with E-state index in [9.17, 15) is 4.39 Å². The van der Waals surface area contributed by atoms with Crippen LogP contribution in [0.5, 0.6) is 5.75 Å². The molecule has 0 spiro atoms. The Kier molecular flexibility index (Phi) is 6.85. The average Bonchev–Trinajstić information content (AvgIpc) is 2.39. The van der Waals surface area contributed by atoms with Gasteiger partial charge in [-0.1, -0.05) is 40.5 Å². The third-order valence-corrected chi connectivity index (χ3v) is 3.35. The molecule has 0 radical (unpaired) electrons. The van der Waals surface area contributed by atoms with Crippen LogP contribution in [0.2, 0.25) is 0 Å². The van der Waals surface area contributed by atoms with Gasteiger partial charge in [0.25, 0.3) is 0 Å². The van der Waals surface area contributed by atoms with Gasteiger partial charge in [0.1, 0.15) is 11.6 Å². The van der Waals surface area contributed by atoms with Crippen LogP contribution in [-0.2, 0) is 6.54 Å². The first-order valence-electron chi connectivity index (χ1n) is 7.21. The van der Waals surface area contributed by atoms with Crippen molar-refractivity contribution in [2.24, 2.45) is 5.92 Å². The summed E-state index contributed by atoms with van der Waals surface area (Å²) < 4.78 is 19.2. The summed E-state index contributed by atoms with van der Waals surface area (Å²) in [5.74, 6) is 1.15. The van der Waals surface area contributed by atoms with Gasteiger partial charge in [-0.25, -0.2) is 4.39 Å². The number of hydrogen-bond donors (Lipinski definition) is 1. The maximum atomic E-state index is 13.3. The highest BCUT2D eigenvalue weighted by atomic mass is 19.1. The number of nitrogens with one attached hydrogen (secondary N) is 1. The molecule has 1 rings (SSSR count). The number of benzene rings is 1. The fourth-order valence-corrected chi connectivity index (χ4v) is 1.87. The fourth-order valence-electron chi connectivity index (χ4n) is 1.87. The van der Waals surface area contributed by atoms with Crippen LogP contribution in [0.3, 0.4) is 0 Å². The van der Waals surface area contributed by atoms with E-state index in [1.54, 1.807) is 12.1 Å². The molecule has 0 atom stereocenters. The SMILES string of the molecule is CCC(CC)COc1ccc(F)cc1CNC(C)C. The fraction of sp³-hybridized carbons (Fsp3) is 0.625. The lowest BCUT2D eigenvalue weighted by Crippen LogP contribution is -2.22. The van der Waals surface area contributed by atoms with E-state index in [4.69, 9.17) is 4.74 Å². The normalized spacial score (nSPS) is 11.3. The predicted molar refractivity (Wildman–Crippen MR) is 77.9 cm³/mol.